The molecule has 0 atom stereocenters. The van der Waals surface area contributed by atoms with Gasteiger partial charge in [0.2, 0.25) is 0 Å². The van der Waals surface area contributed by atoms with E-state index in [1.54, 1.807) is 0 Å². The molecule has 11 rings (SSSR count). The molecule has 0 N–H and O–H groups in total. The zero-order valence-electron chi connectivity index (χ0n) is 28.7. The molecule has 10 aromatic rings. The van der Waals surface area contributed by atoms with E-state index in [4.69, 9.17) is 0 Å². The van der Waals surface area contributed by atoms with E-state index >= 15 is 0 Å². The predicted octanol–water partition coefficient (Wildman–Crippen LogP) is 14.2. The van der Waals surface area contributed by atoms with Gasteiger partial charge >= 0.3 is 0 Å². The fourth-order valence-corrected chi connectivity index (χ4v) is 9.14. The monoisotopic (exact) mass is 646 g/mol. The Labute approximate surface area is 297 Å². The molecule has 0 saturated carbocycles. The van der Waals surface area contributed by atoms with E-state index in [9.17, 15) is 0 Å². The Hall–Kier alpha value is -6.24. The Bertz CT molecular complexity index is 2890. The molecule has 0 heterocycles. The lowest BCUT2D eigenvalue weighted by Crippen LogP contribution is -2.15. The number of hydrogen-bond donors (Lipinski definition) is 0. The number of fused-ring (bicyclic) bond motifs is 11. The van der Waals surface area contributed by atoms with Crippen LogP contribution in [0.15, 0.2) is 170 Å². The number of rotatable bonds is 2. The average Bonchev–Trinajstić information content (AvgIpc) is 3.40. The molecule has 51 heavy (non-hydrogen) atoms. The van der Waals surface area contributed by atoms with Crippen molar-refractivity contribution in [1.29, 1.82) is 0 Å². The Morgan fingerprint density at radius 1 is 0.275 bits per heavy atom. The van der Waals surface area contributed by atoms with Gasteiger partial charge in [-0.05, 0) is 146 Å². The molecule has 238 valence electrons. The Morgan fingerprint density at radius 3 is 1.18 bits per heavy atom. The summed E-state index contributed by atoms with van der Waals surface area (Å²) in [6, 6.07) is 63.8. The summed E-state index contributed by atoms with van der Waals surface area (Å²) in [6.45, 7) is 4.80. The highest BCUT2D eigenvalue weighted by molar-refractivity contribution is 6.16. The SMILES string of the molecule is CC1(C)c2cc(-c3cccc4cc5ccc6ccccc6c5cc34)ccc2-c2ccc(-c3cccc4cc5ccc6ccccc6c5cc34)cc21. The quantitative estimate of drug-likeness (QED) is 0.129. The van der Waals surface area contributed by atoms with Crippen LogP contribution in [0.3, 0.4) is 0 Å². The first-order valence-corrected chi connectivity index (χ1v) is 18.0. The molecule has 0 bridgehead atoms. The van der Waals surface area contributed by atoms with Crippen molar-refractivity contribution >= 4 is 64.6 Å². The standard InChI is InChI=1S/C51H34/c1-51(2)49-27-37(41-15-7-11-33-25-35-19-17-31-9-3-5-13-39(31)47(35)29-45(33)41)21-23-43(49)44-24-22-38(28-50(44)51)42-16-8-12-34-26-36-20-18-32-10-4-6-14-40(32)48(36)30-46(34)42/h3-30H,1-2H3. The van der Waals surface area contributed by atoms with Gasteiger partial charge in [0, 0.05) is 5.41 Å². The van der Waals surface area contributed by atoms with E-state index in [2.05, 4.69) is 184 Å². The zero-order chi connectivity index (χ0) is 33.8. The summed E-state index contributed by atoms with van der Waals surface area (Å²) in [6.07, 6.45) is 0. The first-order valence-electron chi connectivity index (χ1n) is 18.0. The van der Waals surface area contributed by atoms with Crippen LogP contribution in [0.25, 0.3) is 98.0 Å². The van der Waals surface area contributed by atoms with Crippen LogP contribution in [0.2, 0.25) is 0 Å². The van der Waals surface area contributed by atoms with E-state index < -0.39 is 0 Å². The molecule has 1 aliphatic carbocycles. The molecular formula is C51H34. The van der Waals surface area contributed by atoms with Gasteiger partial charge in [-0.1, -0.05) is 147 Å². The van der Waals surface area contributed by atoms with Gasteiger partial charge in [-0.2, -0.15) is 0 Å². The Balaban J connectivity index is 1.05. The molecule has 0 aliphatic heterocycles. The highest BCUT2D eigenvalue weighted by Gasteiger charge is 2.36. The van der Waals surface area contributed by atoms with Gasteiger partial charge in [-0.25, -0.2) is 0 Å². The van der Waals surface area contributed by atoms with Crippen LogP contribution < -0.4 is 0 Å². The van der Waals surface area contributed by atoms with Crippen molar-refractivity contribution in [1.82, 2.24) is 0 Å². The molecular weight excluding hydrogens is 613 g/mol. The van der Waals surface area contributed by atoms with Crippen LogP contribution in [0, 0.1) is 0 Å². The van der Waals surface area contributed by atoms with Crippen LogP contribution in [0.1, 0.15) is 25.0 Å². The van der Waals surface area contributed by atoms with Gasteiger partial charge < -0.3 is 0 Å². The molecule has 0 spiro atoms. The van der Waals surface area contributed by atoms with Crippen molar-refractivity contribution in [3.05, 3.63) is 181 Å². The second-order valence-electron chi connectivity index (χ2n) is 14.9. The van der Waals surface area contributed by atoms with Gasteiger partial charge in [-0.3, -0.25) is 0 Å². The topological polar surface area (TPSA) is 0 Å². The molecule has 0 heteroatoms. The minimum absolute atomic E-state index is 0.141. The molecule has 0 unspecified atom stereocenters. The summed E-state index contributed by atoms with van der Waals surface area (Å²) in [5.74, 6) is 0. The van der Waals surface area contributed by atoms with Gasteiger partial charge in [-0.15, -0.1) is 0 Å². The highest BCUT2D eigenvalue weighted by atomic mass is 14.4. The first-order chi connectivity index (χ1) is 25.0. The lowest BCUT2D eigenvalue weighted by molar-refractivity contribution is 0.661. The fourth-order valence-electron chi connectivity index (χ4n) is 9.14. The molecule has 0 nitrogen and oxygen atoms in total. The maximum absolute atomic E-state index is 2.46. The van der Waals surface area contributed by atoms with Crippen molar-refractivity contribution in [3.8, 4) is 33.4 Å². The number of benzene rings is 10. The molecule has 0 saturated heterocycles. The van der Waals surface area contributed by atoms with Gasteiger partial charge in [0.25, 0.3) is 0 Å². The van der Waals surface area contributed by atoms with E-state index in [-0.39, 0.29) is 5.41 Å². The van der Waals surface area contributed by atoms with Gasteiger partial charge in [0.15, 0.2) is 0 Å². The summed E-state index contributed by atoms with van der Waals surface area (Å²) < 4.78 is 0. The third-order valence-electron chi connectivity index (χ3n) is 11.8. The molecule has 0 amide bonds. The molecule has 0 aromatic heterocycles. The van der Waals surface area contributed by atoms with Crippen LogP contribution in [0.4, 0.5) is 0 Å². The van der Waals surface area contributed by atoms with Crippen LogP contribution in [-0.2, 0) is 5.41 Å². The normalized spacial score (nSPS) is 13.5. The largest absolute Gasteiger partial charge is 0.0616 e. The van der Waals surface area contributed by atoms with Crippen molar-refractivity contribution in [2.45, 2.75) is 19.3 Å². The van der Waals surface area contributed by atoms with Gasteiger partial charge in [0.1, 0.15) is 0 Å². The summed E-state index contributed by atoms with van der Waals surface area (Å²) >= 11 is 0. The highest BCUT2D eigenvalue weighted by Crippen LogP contribution is 2.51. The van der Waals surface area contributed by atoms with Crippen molar-refractivity contribution < 1.29 is 0 Å². The second-order valence-corrected chi connectivity index (χ2v) is 14.9. The minimum Gasteiger partial charge on any atom is -0.0616 e. The summed E-state index contributed by atoms with van der Waals surface area (Å²) in [5, 5.41) is 15.5. The Kier molecular flexibility index (Phi) is 5.82. The maximum Gasteiger partial charge on any atom is 0.0159 e. The molecule has 0 fully saturated rings. The third kappa shape index (κ3) is 4.14. The fraction of sp³-hybridized carbons (Fsp3) is 0.0588. The predicted molar refractivity (Wildman–Crippen MR) is 220 cm³/mol. The molecule has 1 aliphatic rings. The number of hydrogen-bond acceptors (Lipinski definition) is 0. The lowest BCUT2D eigenvalue weighted by Gasteiger charge is -2.23. The van der Waals surface area contributed by atoms with Crippen molar-refractivity contribution in [2.75, 3.05) is 0 Å². The van der Waals surface area contributed by atoms with Crippen LogP contribution >= 0.6 is 0 Å². The Morgan fingerprint density at radius 2 is 0.686 bits per heavy atom. The maximum atomic E-state index is 2.46. The minimum atomic E-state index is -0.141. The third-order valence-corrected chi connectivity index (χ3v) is 11.8. The molecule has 10 aromatic carbocycles. The summed E-state index contributed by atoms with van der Waals surface area (Å²) in [5.41, 5.74) is 10.5. The van der Waals surface area contributed by atoms with Crippen molar-refractivity contribution in [2.24, 2.45) is 0 Å². The van der Waals surface area contributed by atoms with E-state index in [1.165, 1.54) is 109 Å². The van der Waals surface area contributed by atoms with Crippen molar-refractivity contribution in [3.63, 3.8) is 0 Å². The smallest absolute Gasteiger partial charge is 0.0159 e. The average molecular weight is 647 g/mol. The van der Waals surface area contributed by atoms with E-state index in [1.807, 2.05) is 0 Å². The molecule has 0 radical (unpaired) electrons. The first kappa shape index (κ1) is 28.6. The van der Waals surface area contributed by atoms with Crippen LogP contribution in [-0.4, -0.2) is 0 Å². The van der Waals surface area contributed by atoms with Gasteiger partial charge in [0.05, 0.1) is 0 Å². The van der Waals surface area contributed by atoms with E-state index in [0.717, 1.165) is 0 Å². The summed E-state index contributed by atoms with van der Waals surface area (Å²) in [4.78, 5) is 0. The second kappa shape index (κ2) is 10.4. The lowest BCUT2D eigenvalue weighted by atomic mass is 9.80. The zero-order valence-corrected chi connectivity index (χ0v) is 28.7. The summed E-state index contributed by atoms with van der Waals surface area (Å²) in [7, 11) is 0. The van der Waals surface area contributed by atoms with Crippen LogP contribution in [0.5, 0.6) is 0 Å². The van der Waals surface area contributed by atoms with E-state index in [0.29, 0.717) is 0 Å².